The summed E-state index contributed by atoms with van der Waals surface area (Å²) < 4.78 is 0. The van der Waals surface area contributed by atoms with Crippen LogP contribution in [-0.2, 0) is 12.8 Å². The third kappa shape index (κ3) is 3.07. The normalized spacial score (nSPS) is 14.3. The van der Waals surface area contributed by atoms with Gasteiger partial charge in [0.25, 0.3) is 5.91 Å². The van der Waals surface area contributed by atoms with Gasteiger partial charge in [-0.2, -0.15) is 0 Å². The smallest absolute Gasteiger partial charge is 0.263 e. The number of carbonyl (C=O) groups excluding carboxylic acids is 1. The lowest BCUT2D eigenvalue weighted by Crippen LogP contribution is -2.31. The third-order valence-electron chi connectivity index (χ3n) is 3.44. The van der Waals surface area contributed by atoms with E-state index in [0.717, 1.165) is 37.2 Å². The van der Waals surface area contributed by atoms with E-state index >= 15 is 0 Å². The second-order valence-electron chi connectivity index (χ2n) is 4.69. The van der Waals surface area contributed by atoms with Gasteiger partial charge in [-0.15, -0.1) is 22.9 Å². The number of hydrogen-bond acceptors (Lipinski definition) is 2. The number of rotatable bonds is 5. The van der Waals surface area contributed by atoms with Gasteiger partial charge in [-0.25, -0.2) is 0 Å². The Bertz CT molecular complexity index is 392. The van der Waals surface area contributed by atoms with Gasteiger partial charge in [0, 0.05) is 23.8 Å². The van der Waals surface area contributed by atoms with E-state index in [0.29, 0.717) is 5.88 Å². The second-order valence-corrected chi connectivity index (χ2v) is 6.21. The zero-order valence-electron chi connectivity index (χ0n) is 10.9. The molecule has 1 aliphatic rings. The van der Waals surface area contributed by atoms with Gasteiger partial charge in [-0.05, 0) is 50.7 Å². The van der Waals surface area contributed by atoms with Crippen molar-refractivity contribution in [3.8, 4) is 0 Å². The molecule has 0 fully saturated rings. The molecule has 2 nitrogen and oxygen atoms in total. The van der Waals surface area contributed by atoms with E-state index in [4.69, 9.17) is 11.6 Å². The number of carbonyl (C=O) groups is 1. The van der Waals surface area contributed by atoms with Crippen molar-refractivity contribution in [2.75, 3.05) is 19.0 Å². The summed E-state index contributed by atoms with van der Waals surface area (Å²) in [5, 5.41) is 0. The van der Waals surface area contributed by atoms with Gasteiger partial charge in [0.15, 0.2) is 0 Å². The van der Waals surface area contributed by atoms with E-state index in [1.54, 1.807) is 11.3 Å². The van der Waals surface area contributed by atoms with Crippen LogP contribution < -0.4 is 0 Å². The van der Waals surface area contributed by atoms with Crippen LogP contribution >= 0.6 is 22.9 Å². The Kier molecular flexibility index (Phi) is 5.07. The van der Waals surface area contributed by atoms with Crippen molar-refractivity contribution in [2.45, 2.75) is 39.0 Å². The summed E-state index contributed by atoms with van der Waals surface area (Å²) in [6.45, 7) is 3.55. The lowest BCUT2D eigenvalue weighted by Gasteiger charge is -2.19. The molecule has 0 aliphatic heterocycles. The maximum absolute atomic E-state index is 12.4. The first-order valence-electron chi connectivity index (χ1n) is 6.73. The van der Waals surface area contributed by atoms with Crippen LogP contribution in [0.3, 0.4) is 0 Å². The third-order valence-corrected chi connectivity index (χ3v) is 4.93. The van der Waals surface area contributed by atoms with E-state index < -0.39 is 0 Å². The molecule has 100 valence electrons. The van der Waals surface area contributed by atoms with Gasteiger partial charge in [0.1, 0.15) is 0 Å². The molecule has 4 heteroatoms. The Balaban J connectivity index is 2.09. The summed E-state index contributed by atoms with van der Waals surface area (Å²) in [6, 6.07) is 2.12. The molecule has 0 bridgehead atoms. The molecule has 0 saturated heterocycles. The summed E-state index contributed by atoms with van der Waals surface area (Å²) in [4.78, 5) is 16.6. The first-order valence-corrected chi connectivity index (χ1v) is 8.08. The van der Waals surface area contributed by atoms with Gasteiger partial charge in [-0.3, -0.25) is 4.79 Å². The van der Waals surface area contributed by atoms with Crippen molar-refractivity contribution in [1.82, 2.24) is 4.90 Å². The number of nitrogens with zero attached hydrogens (tertiary/aromatic N) is 1. The highest BCUT2D eigenvalue weighted by Crippen LogP contribution is 2.30. The van der Waals surface area contributed by atoms with Crippen molar-refractivity contribution in [3.63, 3.8) is 0 Å². The first kappa shape index (κ1) is 13.9. The van der Waals surface area contributed by atoms with Gasteiger partial charge in [0.2, 0.25) is 0 Å². The Hall–Kier alpha value is -0.540. The number of halogens is 1. The number of thiophene rings is 1. The fourth-order valence-electron chi connectivity index (χ4n) is 2.41. The molecule has 0 atom stereocenters. The lowest BCUT2D eigenvalue weighted by molar-refractivity contribution is 0.0769. The van der Waals surface area contributed by atoms with Crippen LogP contribution in [0.2, 0.25) is 0 Å². The number of hydrogen-bond donors (Lipinski definition) is 0. The van der Waals surface area contributed by atoms with Gasteiger partial charge >= 0.3 is 0 Å². The molecule has 2 rings (SSSR count). The lowest BCUT2D eigenvalue weighted by atomic mass is 9.99. The molecule has 0 aromatic carbocycles. The van der Waals surface area contributed by atoms with E-state index in [-0.39, 0.29) is 5.91 Å². The Morgan fingerprint density at radius 1 is 1.44 bits per heavy atom. The fourth-order valence-corrected chi connectivity index (χ4v) is 3.75. The van der Waals surface area contributed by atoms with E-state index in [1.807, 2.05) is 11.8 Å². The minimum atomic E-state index is 0.182. The highest BCUT2D eigenvalue weighted by molar-refractivity contribution is 7.14. The first-order chi connectivity index (χ1) is 8.76. The quantitative estimate of drug-likeness (QED) is 0.755. The average Bonchev–Trinajstić information content (AvgIpc) is 2.83. The largest absolute Gasteiger partial charge is 0.338 e. The van der Waals surface area contributed by atoms with E-state index in [2.05, 4.69) is 6.07 Å². The molecule has 0 saturated carbocycles. The highest BCUT2D eigenvalue weighted by atomic mass is 35.5. The van der Waals surface area contributed by atoms with Crippen LogP contribution in [0.15, 0.2) is 6.07 Å². The molecule has 1 aromatic rings. The van der Waals surface area contributed by atoms with Crippen molar-refractivity contribution in [2.24, 2.45) is 0 Å². The van der Waals surface area contributed by atoms with Crippen LogP contribution in [0.5, 0.6) is 0 Å². The number of fused-ring (bicyclic) bond motifs is 1. The van der Waals surface area contributed by atoms with Gasteiger partial charge in [-0.1, -0.05) is 0 Å². The molecule has 0 spiro atoms. The summed E-state index contributed by atoms with van der Waals surface area (Å²) in [5.74, 6) is 0.798. The van der Waals surface area contributed by atoms with Gasteiger partial charge in [0.05, 0.1) is 4.88 Å². The molecule has 18 heavy (non-hydrogen) atoms. The van der Waals surface area contributed by atoms with Crippen molar-refractivity contribution >= 4 is 28.8 Å². The van der Waals surface area contributed by atoms with Crippen LogP contribution in [-0.4, -0.2) is 29.8 Å². The van der Waals surface area contributed by atoms with Crippen molar-refractivity contribution < 1.29 is 4.79 Å². The van der Waals surface area contributed by atoms with E-state index in [1.165, 1.54) is 23.3 Å². The number of alkyl halides is 1. The van der Waals surface area contributed by atoms with Crippen molar-refractivity contribution in [1.29, 1.82) is 0 Å². The summed E-state index contributed by atoms with van der Waals surface area (Å²) >= 11 is 7.40. The molecule has 0 N–H and O–H groups in total. The SMILES string of the molecule is CCN(CCCCl)C(=O)c1cc2c(s1)CCCC2. The maximum atomic E-state index is 12.4. The summed E-state index contributed by atoms with van der Waals surface area (Å²) in [5.41, 5.74) is 1.41. The topological polar surface area (TPSA) is 20.3 Å². The van der Waals surface area contributed by atoms with Crippen LogP contribution in [0, 0.1) is 0 Å². The Labute approximate surface area is 118 Å². The number of amides is 1. The molecular weight excluding hydrogens is 266 g/mol. The second kappa shape index (κ2) is 6.58. The molecule has 0 unspecified atom stereocenters. The number of aryl methyl sites for hydroxylation is 2. The summed E-state index contributed by atoms with van der Waals surface area (Å²) in [6.07, 6.45) is 5.70. The fraction of sp³-hybridized carbons (Fsp3) is 0.643. The summed E-state index contributed by atoms with van der Waals surface area (Å²) in [7, 11) is 0. The van der Waals surface area contributed by atoms with Crippen molar-refractivity contribution in [3.05, 3.63) is 21.4 Å². The molecule has 1 aliphatic carbocycles. The maximum Gasteiger partial charge on any atom is 0.263 e. The highest BCUT2D eigenvalue weighted by Gasteiger charge is 2.20. The molecule has 0 radical (unpaired) electrons. The Morgan fingerprint density at radius 2 is 2.22 bits per heavy atom. The predicted octanol–water partition coefficient (Wildman–Crippen LogP) is 3.72. The zero-order valence-corrected chi connectivity index (χ0v) is 12.4. The standard InChI is InChI=1S/C14H20ClNOS/c1-2-16(9-5-8-15)14(17)13-10-11-6-3-4-7-12(11)18-13/h10H,2-9H2,1H3. The molecule has 1 aromatic heterocycles. The van der Waals surface area contributed by atoms with Crippen LogP contribution in [0.25, 0.3) is 0 Å². The minimum Gasteiger partial charge on any atom is -0.338 e. The van der Waals surface area contributed by atoms with Crippen LogP contribution in [0.1, 0.15) is 46.3 Å². The predicted molar refractivity (Wildman–Crippen MR) is 77.9 cm³/mol. The van der Waals surface area contributed by atoms with Crippen LogP contribution in [0.4, 0.5) is 0 Å². The molecule has 1 amide bonds. The van der Waals surface area contributed by atoms with E-state index in [9.17, 15) is 4.79 Å². The monoisotopic (exact) mass is 285 g/mol. The zero-order chi connectivity index (χ0) is 13.0. The average molecular weight is 286 g/mol. The minimum absolute atomic E-state index is 0.182. The van der Waals surface area contributed by atoms with Gasteiger partial charge < -0.3 is 4.90 Å². The molecule has 1 heterocycles. The Morgan fingerprint density at radius 3 is 2.89 bits per heavy atom. The molecular formula is C14H20ClNOS.